The Balaban J connectivity index is -0.000000339. The minimum atomic E-state index is 0. The summed E-state index contributed by atoms with van der Waals surface area (Å²) >= 11 is 0. The molecule has 1 unspecified atom stereocenters. The van der Waals surface area contributed by atoms with Gasteiger partial charge in [0.1, 0.15) is 0 Å². The van der Waals surface area contributed by atoms with Crippen molar-refractivity contribution in [3.05, 3.63) is 49.9 Å². The molecular weight excluding hydrogens is 431 g/mol. The van der Waals surface area contributed by atoms with E-state index in [0.717, 1.165) is 0 Å². The van der Waals surface area contributed by atoms with E-state index in [4.69, 9.17) is 0 Å². The van der Waals surface area contributed by atoms with Crippen molar-refractivity contribution in [2.75, 3.05) is 7.05 Å². The molecule has 15 heavy (non-hydrogen) atoms. The van der Waals surface area contributed by atoms with E-state index >= 15 is 0 Å². The third-order valence-corrected chi connectivity index (χ3v) is 1.72. The van der Waals surface area contributed by atoms with Gasteiger partial charge in [-0.1, -0.05) is 49.7 Å². The first-order valence-electron chi connectivity index (χ1n) is 4.63. The van der Waals surface area contributed by atoms with Crippen LogP contribution in [0.25, 0.3) is 0 Å². The number of hydrogen-bond acceptors (Lipinski definition) is 1. The van der Waals surface area contributed by atoms with E-state index in [0.29, 0.717) is 0 Å². The second-order valence-electron chi connectivity index (χ2n) is 2.68. The molecule has 0 amide bonds. The van der Waals surface area contributed by atoms with Crippen molar-refractivity contribution in [3.63, 3.8) is 0 Å². The van der Waals surface area contributed by atoms with Crippen LogP contribution >= 0.6 is 0 Å². The van der Waals surface area contributed by atoms with E-state index in [1.54, 1.807) is 0 Å². The van der Waals surface area contributed by atoms with Crippen LogP contribution in [0.3, 0.4) is 0 Å². The summed E-state index contributed by atoms with van der Waals surface area (Å²) in [5.41, 5.74) is 1.20. The Labute approximate surface area is 134 Å². The number of benzene rings is 1. The fourth-order valence-electron chi connectivity index (χ4n) is 0.930. The van der Waals surface area contributed by atoms with Crippen molar-refractivity contribution in [3.8, 4) is 0 Å². The second kappa shape index (κ2) is 13.0. The van der Waals surface area contributed by atoms with Gasteiger partial charge in [0.25, 0.3) is 0 Å². The van der Waals surface area contributed by atoms with Gasteiger partial charge in [0, 0.05) is 53.8 Å². The van der Waals surface area contributed by atoms with Crippen LogP contribution in [0.15, 0.2) is 30.3 Å². The molecule has 0 N–H and O–H groups in total. The molecule has 1 nitrogen and oxygen atoms in total. The Kier molecular flexibility index (Phi) is 18.5. The van der Waals surface area contributed by atoms with E-state index in [9.17, 15) is 0 Å². The molecular formula is C12H19NWY-2. The fraction of sp³-hybridized carbons (Fsp3) is 0.333. The molecule has 1 radical (unpaired) electrons. The fourth-order valence-corrected chi connectivity index (χ4v) is 0.930. The molecule has 1 aromatic carbocycles. The summed E-state index contributed by atoms with van der Waals surface area (Å²) in [5, 5.41) is 0. The minimum absolute atomic E-state index is 0. The first-order chi connectivity index (χ1) is 6.22. The Morgan fingerprint density at radius 1 is 1.13 bits per heavy atom. The van der Waals surface area contributed by atoms with Gasteiger partial charge in [0.15, 0.2) is 0 Å². The van der Waals surface area contributed by atoms with Crippen LogP contribution in [0.4, 0.5) is 0 Å². The van der Waals surface area contributed by atoms with Crippen molar-refractivity contribution in [2.24, 2.45) is 0 Å². The molecule has 0 aromatic heterocycles. The van der Waals surface area contributed by atoms with Crippen LogP contribution < -0.4 is 0 Å². The van der Waals surface area contributed by atoms with Gasteiger partial charge in [-0.3, -0.25) is 7.05 Å². The maximum Gasteiger partial charge on any atom is 0 e. The van der Waals surface area contributed by atoms with Gasteiger partial charge in [-0.15, -0.1) is 6.04 Å². The maximum absolute atomic E-state index is 3.97. The monoisotopic (exact) mass is 450 g/mol. The maximum atomic E-state index is 3.97. The first-order valence-corrected chi connectivity index (χ1v) is 4.63. The van der Waals surface area contributed by atoms with Crippen molar-refractivity contribution in [1.29, 1.82) is 0 Å². The molecule has 0 saturated carbocycles. The molecule has 0 aliphatic heterocycles. The predicted molar refractivity (Wildman–Crippen MR) is 59.0 cm³/mol. The van der Waals surface area contributed by atoms with Crippen LogP contribution in [0.2, 0.25) is 0 Å². The molecule has 83 valence electrons. The van der Waals surface area contributed by atoms with Gasteiger partial charge < -0.3 is 11.8 Å². The predicted octanol–water partition coefficient (Wildman–Crippen LogP) is 3.31. The summed E-state index contributed by atoms with van der Waals surface area (Å²) < 4.78 is 0. The molecule has 0 spiro atoms. The summed E-state index contributed by atoms with van der Waals surface area (Å²) in [5.74, 6) is 0. The van der Waals surface area contributed by atoms with E-state index in [-0.39, 0.29) is 59.8 Å². The molecule has 0 fully saturated rings. The van der Waals surface area contributed by atoms with Crippen LogP contribution in [0.5, 0.6) is 0 Å². The first kappa shape index (κ1) is 21.3. The minimum Gasteiger partial charge on any atom is -0.481 e. The van der Waals surface area contributed by atoms with E-state index in [2.05, 4.69) is 26.1 Å². The van der Waals surface area contributed by atoms with E-state index in [1.165, 1.54) is 5.56 Å². The Morgan fingerprint density at radius 2 is 1.53 bits per heavy atom. The SMILES string of the molecule is CC.[CH2-]C(c1ccccc1)N([CH2-])C.[W].[Y]. The zero-order valence-corrected chi connectivity index (χ0v) is 15.6. The summed E-state index contributed by atoms with van der Waals surface area (Å²) in [7, 11) is 5.71. The topological polar surface area (TPSA) is 3.24 Å². The van der Waals surface area contributed by atoms with Gasteiger partial charge in [-0.05, 0) is 7.05 Å². The number of rotatable bonds is 2. The third-order valence-electron chi connectivity index (χ3n) is 1.72. The molecule has 0 saturated heterocycles. The average molecular weight is 450 g/mol. The van der Waals surface area contributed by atoms with E-state index < -0.39 is 0 Å². The standard InChI is InChI=1S/C10H13N.C2H6.W.Y/c1-9(11(2)3)10-7-5-4-6-8-10;1-2;;/h4-9H,1-2H2,3H3;1-2H3;;/q-2;;;. The Hall–Kier alpha value is 0.972. The summed E-state index contributed by atoms with van der Waals surface area (Å²) in [6.45, 7) is 7.97. The summed E-state index contributed by atoms with van der Waals surface area (Å²) in [4.78, 5) is 1.84. The van der Waals surface area contributed by atoms with Gasteiger partial charge in [0.05, 0.1) is 0 Å². The van der Waals surface area contributed by atoms with Crippen molar-refractivity contribution in [1.82, 2.24) is 4.90 Å². The van der Waals surface area contributed by atoms with Crippen LogP contribution in [0.1, 0.15) is 25.5 Å². The van der Waals surface area contributed by atoms with Crippen LogP contribution in [0, 0.1) is 14.0 Å². The molecule has 0 bridgehead atoms. The smallest absolute Gasteiger partial charge is 0 e. The number of nitrogens with zero attached hydrogens (tertiary/aromatic N) is 1. The molecule has 1 aromatic rings. The quantitative estimate of drug-likeness (QED) is 0.626. The molecule has 0 heterocycles. The average Bonchev–Trinajstić information content (AvgIpc) is 2.21. The van der Waals surface area contributed by atoms with Crippen molar-refractivity contribution in [2.45, 2.75) is 19.9 Å². The molecule has 1 rings (SSSR count). The summed E-state index contributed by atoms with van der Waals surface area (Å²) in [6.07, 6.45) is 0. The van der Waals surface area contributed by atoms with E-state index in [1.807, 2.05) is 44.0 Å². The van der Waals surface area contributed by atoms with Crippen molar-refractivity contribution >= 4 is 0 Å². The van der Waals surface area contributed by atoms with Gasteiger partial charge >= 0.3 is 0 Å². The Morgan fingerprint density at radius 3 is 1.87 bits per heavy atom. The zero-order chi connectivity index (χ0) is 10.3. The summed E-state index contributed by atoms with van der Waals surface area (Å²) in [6, 6.07) is 10.3. The molecule has 0 aliphatic carbocycles. The molecule has 0 aliphatic rings. The van der Waals surface area contributed by atoms with Crippen LogP contribution in [-0.2, 0) is 53.8 Å². The Bertz CT molecular complexity index is 214. The van der Waals surface area contributed by atoms with Crippen molar-refractivity contribution < 1.29 is 53.8 Å². The molecule has 3 heteroatoms. The second-order valence-corrected chi connectivity index (χ2v) is 2.68. The molecule has 1 atom stereocenters. The zero-order valence-electron chi connectivity index (χ0n) is 9.81. The van der Waals surface area contributed by atoms with Gasteiger partial charge in [-0.2, -0.15) is 0 Å². The third kappa shape index (κ3) is 8.75. The van der Waals surface area contributed by atoms with Crippen LogP contribution in [-0.4, -0.2) is 11.9 Å². The normalized spacial score (nSPS) is 10.3. The largest absolute Gasteiger partial charge is 0.481 e. The number of hydrogen-bond donors (Lipinski definition) is 0. The van der Waals surface area contributed by atoms with Gasteiger partial charge in [-0.25, -0.2) is 0 Å². The van der Waals surface area contributed by atoms with Gasteiger partial charge in [0.2, 0.25) is 0 Å².